The van der Waals surface area contributed by atoms with Crippen molar-refractivity contribution in [3.8, 4) is 22.4 Å². The van der Waals surface area contributed by atoms with Gasteiger partial charge in [0.1, 0.15) is 0 Å². The number of ether oxygens (including phenoxy) is 4. The molecule has 0 amide bonds. The molecule has 4 aromatic rings. The summed E-state index contributed by atoms with van der Waals surface area (Å²) in [6.07, 6.45) is 2.15. The minimum Gasteiger partial charge on any atom is -0.380 e. The van der Waals surface area contributed by atoms with Gasteiger partial charge in [-0.05, 0) is 35.6 Å². The quantitative estimate of drug-likeness (QED) is 0.210. The molecule has 1 aromatic heterocycles. The molecule has 2 aliphatic heterocycles. The number of benzene rings is 3. The van der Waals surface area contributed by atoms with E-state index in [0.717, 1.165) is 63.7 Å². The number of hydrogen-bond acceptors (Lipinski definition) is 4. The van der Waals surface area contributed by atoms with E-state index in [2.05, 4.69) is 91.6 Å². The Balaban J connectivity index is 1.33. The molecular formula is C34H39NO4. The molecule has 39 heavy (non-hydrogen) atoms. The van der Waals surface area contributed by atoms with Crippen molar-refractivity contribution < 1.29 is 18.9 Å². The van der Waals surface area contributed by atoms with Gasteiger partial charge in [0.05, 0.1) is 58.5 Å². The number of hydrogen-bond donors (Lipinski definition) is 1. The van der Waals surface area contributed by atoms with Crippen LogP contribution < -0.4 is 0 Å². The SMILES string of the molecule is CCC1(COCc2ccccc2-c2[nH]c3ccccc3c2-c2ccccc2COCC2(CC)COC2)COC1. The lowest BCUT2D eigenvalue weighted by atomic mass is 9.84. The van der Waals surface area contributed by atoms with Crippen LogP contribution in [-0.4, -0.2) is 44.6 Å². The zero-order chi connectivity index (χ0) is 26.7. The van der Waals surface area contributed by atoms with Crippen molar-refractivity contribution >= 4 is 10.9 Å². The largest absolute Gasteiger partial charge is 0.380 e. The predicted octanol–water partition coefficient (Wildman–Crippen LogP) is 7.39. The molecule has 3 aromatic carbocycles. The van der Waals surface area contributed by atoms with Crippen LogP contribution in [0.1, 0.15) is 37.8 Å². The van der Waals surface area contributed by atoms with E-state index in [1.807, 2.05) is 0 Å². The highest BCUT2D eigenvalue weighted by molar-refractivity contribution is 6.04. The first-order valence-corrected chi connectivity index (χ1v) is 14.2. The van der Waals surface area contributed by atoms with E-state index in [1.54, 1.807) is 0 Å². The molecule has 0 spiro atoms. The van der Waals surface area contributed by atoms with Gasteiger partial charge in [-0.25, -0.2) is 0 Å². The maximum atomic E-state index is 6.33. The second kappa shape index (κ2) is 11.3. The average Bonchev–Trinajstić information content (AvgIpc) is 3.31. The predicted molar refractivity (Wildman–Crippen MR) is 156 cm³/mol. The van der Waals surface area contributed by atoms with Crippen LogP contribution in [0.3, 0.4) is 0 Å². The van der Waals surface area contributed by atoms with Gasteiger partial charge in [0.2, 0.25) is 0 Å². The number of nitrogens with one attached hydrogen (secondary N) is 1. The van der Waals surface area contributed by atoms with Crippen LogP contribution in [0, 0.1) is 10.8 Å². The molecular weight excluding hydrogens is 486 g/mol. The fourth-order valence-electron chi connectivity index (χ4n) is 5.72. The summed E-state index contributed by atoms with van der Waals surface area (Å²) in [7, 11) is 0. The van der Waals surface area contributed by atoms with Gasteiger partial charge in [-0.3, -0.25) is 0 Å². The molecule has 6 rings (SSSR count). The summed E-state index contributed by atoms with van der Waals surface area (Å²) in [4.78, 5) is 3.76. The number of fused-ring (bicyclic) bond motifs is 1. The van der Waals surface area contributed by atoms with Crippen LogP contribution >= 0.6 is 0 Å². The second-order valence-electron chi connectivity index (χ2n) is 11.4. The third kappa shape index (κ3) is 5.17. The summed E-state index contributed by atoms with van der Waals surface area (Å²) < 4.78 is 23.6. The van der Waals surface area contributed by atoms with E-state index in [1.165, 1.54) is 33.2 Å². The Hall–Kier alpha value is -2.96. The molecule has 0 aliphatic carbocycles. The lowest BCUT2D eigenvalue weighted by molar-refractivity contribution is -0.152. The molecule has 0 atom stereocenters. The molecule has 0 bridgehead atoms. The summed E-state index contributed by atoms with van der Waals surface area (Å²) in [5.74, 6) is 0. The third-order valence-corrected chi connectivity index (χ3v) is 8.74. The van der Waals surface area contributed by atoms with Crippen LogP contribution in [0.4, 0.5) is 0 Å². The molecule has 204 valence electrons. The maximum absolute atomic E-state index is 6.33. The fraction of sp³-hybridized carbons (Fsp3) is 0.412. The van der Waals surface area contributed by atoms with E-state index < -0.39 is 0 Å². The number of H-pyrrole nitrogens is 1. The van der Waals surface area contributed by atoms with Crippen molar-refractivity contribution in [1.82, 2.24) is 4.98 Å². The molecule has 3 heterocycles. The van der Waals surface area contributed by atoms with Crippen LogP contribution in [0.2, 0.25) is 0 Å². The summed E-state index contributed by atoms with van der Waals surface area (Å²) in [5, 5.41) is 1.21. The zero-order valence-corrected chi connectivity index (χ0v) is 23.1. The molecule has 0 unspecified atom stereocenters. The van der Waals surface area contributed by atoms with Gasteiger partial charge in [0, 0.05) is 32.9 Å². The second-order valence-corrected chi connectivity index (χ2v) is 11.4. The Labute approximate surface area is 231 Å². The van der Waals surface area contributed by atoms with E-state index in [-0.39, 0.29) is 10.8 Å². The van der Waals surface area contributed by atoms with E-state index in [4.69, 9.17) is 18.9 Å². The monoisotopic (exact) mass is 525 g/mol. The van der Waals surface area contributed by atoms with Gasteiger partial charge >= 0.3 is 0 Å². The van der Waals surface area contributed by atoms with Gasteiger partial charge in [-0.15, -0.1) is 0 Å². The highest BCUT2D eigenvalue weighted by atomic mass is 16.5. The standard InChI is InChI=1S/C34H39NO4/c1-3-33(21-38-22-33)19-36-17-25-11-5-7-13-27(25)31-29-15-9-10-16-30(29)35-32(31)28-14-8-6-12-26(28)18-37-20-34(4-2)23-39-24-34/h5-16,35H,3-4,17-24H2,1-2H3. The molecule has 2 saturated heterocycles. The van der Waals surface area contributed by atoms with Crippen LogP contribution in [-0.2, 0) is 32.2 Å². The first-order valence-electron chi connectivity index (χ1n) is 14.2. The van der Waals surface area contributed by atoms with Gasteiger partial charge in [-0.1, -0.05) is 80.6 Å². The van der Waals surface area contributed by atoms with Crippen molar-refractivity contribution in [3.05, 3.63) is 83.9 Å². The fourth-order valence-corrected chi connectivity index (χ4v) is 5.72. The first-order chi connectivity index (χ1) is 19.2. The van der Waals surface area contributed by atoms with Gasteiger partial charge in [0.25, 0.3) is 0 Å². The van der Waals surface area contributed by atoms with Gasteiger partial charge in [0.15, 0.2) is 0 Å². The highest BCUT2D eigenvalue weighted by Crippen LogP contribution is 2.42. The van der Waals surface area contributed by atoms with Crippen molar-refractivity contribution in [2.24, 2.45) is 10.8 Å². The minimum atomic E-state index is 0.168. The Morgan fingerprint density at radius 3 is 1.74 bits per heavy atom. The number of aromatic nitrogens is 1. The Morgan fingerprint density at radius 2 is 1.18 bits per heavy atom. The minimum absolute atomic E-state index is 0.168. The number of aromatic amines is 1. The molecule has 1 N–H and O–H groups in total. The first kappa shape index (κ1) is 26.3. The van der Waals surface area contributed by atoms with Gasteiger partial charge in [-0.2, -0.15) is 0 Å². The summed E-state index contributed by atoms with van der Waals surface area (Å²) in [5.41, 5.74) is 8.55. The maximum Gasteiger partial charge on any atom is 0.0723 e. The van der Waals surface area contributed by atoms with Gasteiger partial charge < -0.3 is 23.9 Å². The summed E-state index contributed by atoms with van der Waals surface area (Å²) in [6.45, 7) is 10.2. The topological polar surface area (TPSA) is 52.7 Å². The van der Waals surface area contributed by atoms with Crippen LogP contribution in [0.5, 0.6) is 0 Å². The highest BCUT2D eigenvalue weighted by Gasteiger charge is 2.38. The summed E-state index contributed by atoms with van der Waals surface area (Å²) in [6, 6.07) is 25.8. The zero-order valence-electron chi connectivity index (χ0n) is 23.1. The normalized spacial score (nSPS) is 17.6. The summed E-state index contributed by atoms with van der Waals surface area (Å²) >= 11 is 0. The Bertz CT molecular complexity index is 1400. The van der Waals surface area contributed by atoms with Crippen molar-refractivity contribution in [3.63, 3.8) is 0 Å². The molecule has 2 aliphatic rings. The lowest BCUT2D eigenvalue weighted by Gasteiger charge is -2.40. The molecule has 0 radical (unpaired) electrons. The molecule has 2 fully saturated rings. The van der Waals surface area contributed by atoms with Crippen molar-refractivity contribution in [2.75, 3.05) is 39.6 Å². The number of rotatable bonds is 12. The molecule has 0 saturated carbocycles. The third-order valence-electron chi connectivity index (χ3n) is 8.74. The average molecular weight is 526 g/mol. The Morgan fingerprint density at radius 1 is 0.667 bits per heavy atom. The van der Waals surface area contributed by atoms with Crippen molar-refractivity contribution in [1.29, 1.82) is 0 Å². The smallest absolute Gasteiger partial charge is 0.0723 e. The lowest BCUT2D eigenvalue weighted by Crippen LogP contribution is -2.45. The van der Waals surface area contributed by atoms with Crippen molar-refractivity contribution in [2.45, 2.75) is 39.9 Å². The van der Waals surface area contributed by atoms with Crippen LogP contribution in [0.25, 0.3) is 33.3 Å². The van der Waals surface area contributed by atoms with E-state index in [0.29, 0.717) is 13.2 Å². The van der Waals surface area contributed by atoms with E-state index in [9.17, 15) is 0 Å². The van der Waals surface area contributed by atoms with Crippen LogP contribution in [0.15, 0.2) is 72.8 Å². The van der Waals surface area contributed by atoms with E-state index >= 15 is 0 Å². The molecule has 5 nitrogen and oxygen atoms in total. The Kier molecular flexibility index (Phi) is 7.59. The number of para-hydroxylation sites is 1. The molecule has 5 heteroatoms.